The van der Waals surface area contributed by atoms with E-state index in [1.54, 1.807) is 4.52 Å². The predicted octanol–water partition coefficient (Wildman–Crippen LogP) is 2.13. The maximum Gasteiger partial charge on any atom is 0.165 e. The van der Waals surface area contributed by atoms with E-state index in [1.807, 2.05) is 26.1 Å². The summed E-state index contributed by atoms with van der Waals surface area (Å²) in [5.41, 5.74) is 9.24. The Kier molecular flexibility index (Phi) is 2.45. The summed E-state index contributed by atoms with van der Waals surface area (Å²) in [6.45, 7) is 3.84. The summed E-state index contributed by atoms with van der Waals surface area (Å²) in [5, 5.41) is 4.40. The lowest BCUT2D eigenvalue weighted by Crippen LogP contribution is -1.99. The summed E-state index contributed by atoms with van der Waals surface area (Å²) < 4.78 is 15.1. The fourth-order valence-electron chi connectivity index (χ4n) is 1.97. The number of aryl methyl sites for hydroxylation is 2. The van der Waals surface area contributed by atoms with Crippen molar-refractivity contribution in [2.45, 2.75) is 13.8 Å². The number of rotatable bonds is 1. The third-order valence-electron chi connectivity index (χ3n) is 2.90. The maximum atomic E-state index is 13.4. The van der Waals surface area contributed by atoms with E-state index in [0.717, 1.165) is 16.9 Å². The van der Waals surface area contributed by atoms with E-state index in [4.69, 9.17) is 5.73 Å². The minimum Gasteiger partial charge on any atom is -0.381 e. The van der Waals surface area contributed by atoms with E-state index >= 15 is 0 Å². The van der Waals surface area contributed by atoms with Gasteiger partial charge in [-0.05, 0) is 31.5 Å². The third-order valence-corrected chi connectivity index (χ3v) is 2.90. The molecule has 19 heavy (non-hydrogen) atoms. The first kappa shape index (κ1) is 11.6. The van der Waals surface area contributed by atoms with Gasteiger partial charge >= 0.3 is 0 Å². The van der Waals surface area contributed by atoms with Crippen molar-refractivity contribution in [2.75, 3.05) is 5.73 Å². The second kappa shape index (κ2) is 4.01. The molecule has 0 spiro atoms. The molecule has 0 bridgehead atoms. The van der Waals surface area contributed by atoms with E-state index in [1.165, 1.54) is 12.3 Å². The number of fused-ring (bicyclic) bond motifs is 1. The highest BCUT2D eigenvalue weighted by molar-refractivity contribution is 5.63. The zero-order valence-corrected chi connectivity index (χ0v) is 10.6. The number of hydrogen-bond acceptors (Lipinski definition) is 4. The Morgan fingerprint density at radius 3 is 2.79 bits per heavy atom. The van der Waals surface area contributed by atoms with Crippen LogP contribution in [0.2, 0.25) is 0 Å². The Hall–Kier alpha value is -2.50. The Morgan fingerprint density at radius 1 is 1.26 bits per heavy atom. The highest BCUT2D eigenvalue weighted by Gasteiger charge is 2.09. The van der Waals surface area contributed by atoms with Gasteiger partial charge in [0, 0.05) is 11.8 Å². The predicted molar refractivity (Wildman–Crippen MR) is 70.1 cm³/mol. The molecule has 0 atom stereocenters. The molecule has 3 aromatic rings. The van der Waals surface area contributed by atoms with Crippen molar-refractivity contribution >= 4 is 11.5 Å². The molecular weight excluding hydrogens is 245 g/mol. The van der Waals surface area contributed by atoms with E-state index in [2.05, 4.69) is 15.1 Å². The van der Waals surface area contributed by atoms with Crippen LogP contribution in [0, 0.1) is 19.7 Å². The Labute approximate surface area is 108 Å². The van der Waals surface area contributed by atoms with Crippen molar-refractivity contribution in [1.82, 2.24) is 19.6 Å². The maximum absolute atomic E-state index is 13.4. The van der Waals surface area contributed by atoms with Gasteiger partial charge in [0.2, 0.25) is 0 Å². The SMILES string of the molecule is Cc1cn2nc(-c3cnc(N)c(F)c3)cc(C)c2n1. The molecule has 0 radical (unpaired) electrons. The van der Waals surface area contributed by atoms with Gasteiger partial charge < -0.3 is 5.73 Å². The number of pyridine rings is 1. The first-order chi connectivity index (χ1) is 9.04. The molecule has 0 saturated carbocycles. The van der Waals surface area contributed by atoms with Crippen molar-refractivity contribution in [3.63, 3.8) is 0 Å². The van der Waals surface area contributed by atoms with Crippen LogP contribution < -0.4 is 5.73 Å². The molecule has 3 aromatic heterocycles. The average Bonchev–Trinajstić information content (AvgIpc) is 2.74. The van der Waals surface area contributed by atoms with E-state index in [0.29, 0.717) is 11.3 Å². The Morgan fingerprint density at radius 2 is 2.05 bits per heavy atom. The van der Waals surface area contributed by atoms with Gasteiger partial charge in [-0.3, -0.25) is 0 Å². The number of aromatic nitrogens is 4. The van der Waals surface area contributed by atoms with Crippen LogP contribution in [-0.4, -0.2) is 19.6 Å². The summed E-state index contributed by atoms with van der Waals surface area (Å²) in [5.74, 6) is -0.654. The van der Waals surface area contributed by atoms with Gasteiger partial charge in [0.15, 0.2) is 17.3 Å². The van der Waals surface area contributed by atoms with Crippen LogP contribution in [-0.2, 0) is 0 Å². The highest BCUT2D eigenvalue weighted by atomic mass is 19.1. The first-order valence-corrected chi connectivity index (χ1v) is 5.79. The summed E-state index contributed by atoms with van der Waals surface area (Å²) in [6.07, 6.45) is 3.34. The zero-order chi connectivity index (χ0) is 13.6. The Bertz CT molecular complexity index is 778. The quantitative estimate of drug-likeness (QED) is 0.725. The molecule has 0 aliphatic heterocycles. The van der Waals surface area contributed by atoms with Crippen LogP contribution in [0.5, 0.6) is 0 Å². The number of nitrogen functional groups attached to an aromatic ring is 1. The lowest BCUT2D eigenvalue weighted by atomic mass is 10.1. The summed E-state index contributed by atoms with van der Waals surface area (Å²) in [7, 11) is 0. The minimum absolute atomic E-state index is 0.111. The normalized spacial score (nSPS) is 11.1. The smallest absolute Gasteiger partial charge is 0.165 e. The Balaban J connectivity index is 2.21. The molecule has 3 rings (SSSR count). The van der Waals surface area contributed by atoms with Gasteiger partial charge in [-0.25, -0.2) is 18.9 Å². The molecule has 2 N–H and O–H groups in total. The van der Waals surface area contributed by atoms with Crippen LogP contribution in [0.4, 0.5) is 10.2 Å². The van der Waals surface area contributed by atoms with E-state index < -0.39 is 5.82 Å². The molecule has 6 heteroatoms. The van der Waals surface area contributed by atoms with Crippen LogP contribution in [0.15, 0.2) is 24.5 Å². The second-order valence-corrected chi connectivity index (χ2v) is 4.45. The molecule has 0 unspecified atom stereocenters. The minimum atomic E-state index is -0.543. The van der Waals surface area contributed by atoms with E-state index in [-0.39, 0.29) is 5.82 Å². The molecule has 0 aliphatic rings. The van der Waals surface area contributed by atoms with Crippen LogP contribution in [0.25, 0.3) is 16.9 Å². The standard InChI is InChI=1S/C13H12FN5/c1-7-3-11(9-4-10(14)12(15)16-5-9)18-19-6-8(2)17-13(7)19/h3-6H,1-2H3,(H2,15,16). The first-order valence-electron chi connectivity index (χ1n) is 5.79. The number of anilines is 1. The van der Waals surface area contributed by atoms with Gasteiger partial charge in [-0.2, -0.15) is 5.10 Å². The molecule has 0 aliphatic carbocycles. The lowest BCUT2D eigenvalue weighted by Gasteiger charge is -2.05. The molecular formula is C13H12FN5. The summed E-state index contributed by atoms with van der Waals surface area (Å²) in [4.78, 5) is 8.18. The molecule has 5 nitrogen and oxygen atoms in total. The van der Waals surface area contributed by atoms with Crippen LogP contribution >= 0.6 is 0 Å². The molecule has 0 saturated heterocycles. The van der Waals surface area contributed by atoms with Gasteiger partial charge in [0.05, 0.1) is 17.6 Å². The number of hydrogen-bond donors (Lipinski definition) is 1. The van der Waals surface area contributed by atoms with Crippen molar-refractivity contribution in [1.29, 1.82) is 0 Å². The van der Waals surface area contributed by atoms with Gasteiger partial charge in [-0.1, -0.05) is 0 Å². The van der Waals surface area contributed by atoms with Gasteiger partial charge in [0.25, 0.3) is 0 Å². The van der Waals surface area contributed by atoms with E-state index in [9.17, 15) is 4.39 Å². The van der Waals surface area contributed by atoms with Gasteiger partial charge in [-0.15, -0.1) is 0 Å². The largest absolute Gasteiger partial charge is 0.381 e. The van der Waals surface area contributed by atoms with Crippen LogP contribution in [0.1, 0.15) is 11.3 Å². The van der Waals surface area contributed by atoms with Crippen molar-refractivity contribution in [3.05, 3.63) is 41.6 Å². The lowest BCUT2D eigenvalue weighted by molar-refractivity contribution is 0.627. The molecule has 0 aromatic carbocycles. The van der Waals surface area contributed by atoms with Crippen molar-refractivity contribution in [3.8, 4) is 11.3 Å². The molecule has 96 valence electrons. The molecule has 3 heterocycles. The number of nitrogens with two attached hydrogens (primary N) is 1. The fourth-order valence-corrected chi connectivity index (χ4v) is 1.97. The molecule has 0 fully saturated rings. The monoisotopic (exact) mass is 257 g/mol. The fraction of sp³-hybridized carbons (Fsp3) is 0.154. The second-order valence-electron chi connectivity index (χ2n) is 4.45. The van der Waals surface area contributed by atoms with Crippen molar-refractivity contribution < 1.29 is 4.39 Å². The summed E-state index contributed by atoms with van der Waals surface area (Å²) in [6, 6.07) is 3.19. The van der Waals surface area contributed by atoms with Crippen molar-refractivity contribution in [2.24, 2.45) is 0 Å². The zero-order valence-electron chi connectivity index (χ0n) is 10.6. The highest BCUT2D eigenvalue weighted by Crippen LogP contribution is 2.21. The third kappa shape index (κ3) is 1.91. The van der Waals surface area contributed by atoms with Crippen LogP contribution in [0.3, 0.4) is 0 Å². The summed E-state index contributed by atoms with van der Waals surface area (Å²) >= 11 is 0. The number of nitrogens with zero attached hydrogens (tertiary/aromatic N) is 4. The van der Waals surface area contributed by atoms with Gasteiger partial charge in [0.1, 0.15) is 0 Å². The topological polar surface area (TPSA) is 69.1 Å². The number of imidazole rings is 1. The average molecular weight is 257 g/mol. The number of halogens is 1. The molecule has 0 amide bonds.